The van der Waals surface area contributed by atoms with Crippen LogP contribution in [0.2, 0.25) is 0 Å². The summed E-state index contributed by atoms with van der Waals surface area (Å²) in [5.41, 5.74) is 10.7. The number of thiazole rings is 1. The number of fused-ring (bicyclic) bond motifs is 1. The molecule has 1 aliphatic heterocycles. The fraction of sp³-hybridized carbons (Fsp3) is 0.192. The first kappa shape index (κ1) is 21.4. The monoisotopic (exact) mass is 438 g/mol. The molecule has 0 fully saturated rings. The average Bonchev–Trinajstić information content (AvgIpc) is 3.15. The molecule has 0 saturated carbocycles. The van der Waals surface area contributed by atoms with Gasteiger partial charge in [0, 0.05) is 0 Å². The molecule has 0 radical (unpaired) electrons. The van der Waals surface area contributed by atoms with Crippen molar-refractivity contribution in [3.8, 4) is 12.1 Å². The van der Waals surface area contributed by atoms with E-state index in [2.05, 4.69) is 19.1 Å². The molecule has 1 aromatic heterocycles. The zero-order valence-electron chi connectivity index (χ0n) is 17.9. The Morgan fingerprint density at radius 2 is 1.62 bits per heavy atom. The molecule has 0 saturated heterocycles. The Bertz CT molecular complexity index is 1510. The van der Waals surface area contributed by atoms with Crippen LogP contribution >= 0.6 is 11.3 Å². The number of aromatic nitrogens is 1. The van der Waals surface area contributed by atoms with Crippen LogP contribution in [0, 0.1) is 22.7 Å². The number of benzene rings is 2. The first-order chi connectivity index (χ1) is 15.5. The Kier molecular flexibility index (Phi) is 5.81. The summed E-state index contributed by atoms with van der Waals surface area (Å²) >= 11 is 1.25. The summed E-state index contributed by atoms with van der Waals surface area (Å²) in [5, 5.41) is 20.1. The fourth-order valence-electron chi connectivity index (χ4n) is 4.24. The zero-order valence-corrected chi connectivity index (χ0v) is 18.7. The molecule has 0 bridgehead atoms. The molecule has 3 aromatic rings. The van der Waals surface area contributed by atoms with Crippen LogP contribution in [-0.4, -0.2) is 4.57 Å². The van der Waals surface area contributed by atoms with E-state index in [0.29, 0.717) is 14.8 Å². The van der Waals surface area contributed by atoms with Gasteiger partial charge in [-0.25, -0.2) is 0 Å². The molecule has 2 heterocycles. The third kappa shape index (κ3) is 3.36. The Morgan fingerprint density at radius 1 is 1.00 bits per heavy atom. The molecule has 2 N–H and O–H groups in total. The molecule has 0 spiro atoms. The summed E-state index contributed by atoms with van der Waals surface area (Å²) in [6, 6.07) is 20.1. The Labute approximate surface area is 190 Å². The van der Waals surface area contributed by atoms with E-state index in [1.807, 2.05) is 61.5 Å². The van der Waals surface area contributed by atoms with Crippen LogP contribution in [0.1, 0.15) is 42.0 Å². The number of allylic oxidation sites excluding steroid dienone is 1. The SMILES string of the molecule is CCc1ccccc1/C=c1/sc2n(c1=O)C(N)=C(C#N)C(c1ccccc1CC)C=2C#N. The fourth-order valence-corrected chi connectivity index (χ4v) is 5.36. The Balaban J connectivity index is 2.08. The largest absolute Gasteiger partial charge is 0.384 e. The van der Waals surface area contributed by atoms with Crippen molar-refractivity contribution in [3.63, 3.8) is 0 Å². The second-order valence-corrected chi connectivity index (χ2v) is 8.56. The standard InChI is InChI=1S/C26H22N4OS/c1-3-16-9-5-6-11-18(16)13-22-25(31)30-24(29)20(14-27)23(21(15-28)26(30)32-22)19-12-8-7-10-17(19)4-2/h5-13,23H,3-4,29H2,1-2H3/b22-13+. The van der Waals surface area contributed by atoms with E-state index in [1.165, 1.54) is 15.9 Å². The highest BCUT2D eigenvalue weighted by molar-refractivity contribution is 7.07. The molecule has 5 nitrogen and oxygen atoms in total. The maximum absolute atomic E-state index is 13.3. The van der Waals surface area contributed by atoms with Gasteiger partial charge in [0.05, 0.1) is 33.7 Å². The van der Waals surface area contributed by atoms with E-state index in [9.17, 15) is 15.3 Å². The minimum absolute atomic E-state index is 0.0992. The van der Waals surface area contributed by atoms with Gasteiger partial charge in [0.15, 0.2) is 0 Å². The highest BCUT2D eigenvalue weighted by atomic mass is 32.1. The summed E-state index contributed by atoms with van der Waals surface area (Å²) in [4.78, 5) is 13.3. The van der Waals surface area contributed by atoms with Crippen LogP contribution in [0.4, 0.5) is 0 Å². The highest BCUT2D eigenvalue weighted by Crippen LogP contribution is 2.37. The summed E-state index contributed by atoms with van der Waals surface area (Å²) < 4.78 is 2.30. The predicted octanol–water partition coefficient (Wildman–Crippen LogP) is 2.99. The van der Waals surface area contributed by atoms with Crippen molar-refractivity contribution in [1.29, 1.82) is 10.5 Å². The lowest BCUT2D eigenvalue weighted by molar-refractivity contribution is 0.895. The molecule has 0 aliphatic carbocycles. The van der Waals surface area contributed by atoms with Gasteiger partial charge >= 0.3 is 0 Å². The van der Waals surface area contributed by atoms with Gasteiger partial charge in [0.1, 0.15) is 10.5 Å². The summed E-state index contributed by atoms with van der Waals surface area (Å²) in [7, 11) is 0. The second-order valence-electron chi connectivity index (χ2n) is 7.53. The quantitative estimate of drug-likeness (QED) is 0.677. The van der Waals surface area contributed by atoms with Crippen molar-refractivity contribution in [2.45, 2.75) is 32.6 Å². The van der Waals surface area contributed by atoms with Crippen LogP contribution in [0.5, 0.6) is 0 Å². The van der Waals surface area contributed by atoms with E-state index in [1.54, 1.807) is 0 Å². The van der Waals surface area contributed by atoms with Crippen molar-refractivity contribution in [2.24, 2.45) is 5.73 Å². The summed E-state index contributed by atoms with van der Waals surface area (Å²) in [6.07, 6.45) is 3.44. The third-order valence-corrected chi connectivity index (χ3v) is 6.97. The van der Waals surface area contributed by atoms with Gasteiger partial charge in [0.2, 0.25) is 0 Å². The van der Waals surface area contributed by atoms with Gasteiger partial charge < -0.3 is 5.73 Å². The minimum atomic E-state index is -0.588. The van der Waals surface area contributed by atoms with Gasteiger partial charge in [-0.3, -0.25) is 9.36 Å². The molecular weight excluding hydrogens is 416 g/mol. The molecule has 158 valence electrons. The van der Waals surface area contributed by atoms with Gasteiger partial charge in [-0.15, -0.1) is 11.3 Å². The molecule has 1 unspecified atom stereocenters. The molecule has 1 aliphatic rings. The number of hydrogen-bond acceptors (Lipinski definition) is 5. The zero-order chi connectivity index (χ0) is 22.8. The van der Waals surface area contributed by atoms with Crippen LogP contribution in [0.3, 0.4) is 0 Å². The third-order valence-electron chi connectivity index (χ3n) is 5.86. The van der Waals surface area contributed by atoms with Crippen LogP contribution in [0.15, 0.2) is 58.9 Å². The number of rotatable bonds is 4. The van der Waals surface area contributed by atoms with Crippen molar-refractivity contribution in [2.75, 3.05) is 0 Å². The van der Waals surface area contributed by atoms with Crippen LogP contribution in [-0.2, 0) is 12.8 Å². The maximum atomic E-state index is 13.3. The number of hydrogen-bond donors (Lipinski definition) is 1. The van der Waals surface area contributed by atoms with Crippen molar-refractivity contribution >= 4 is 28.8 Å². The normalized spacial score (nSPS) is 15.9. The van der Waals surface area contributed by atoms with Crippen LogP contribution in [0.25, 0.3) is 17.5 Å². The van der Waals surface area contributed by atoms with E-state index in [0.717, 1.165) is 35.1 Å². The maximum Gasteiger partial charge on any atom is 0.274 e. The molecule has 2 aromatic carbocycles. The number of nitrogens with zero attached hydrogens (tertiary/aromatic N) is 3. The molecule has 32 heavy (non-hydrogen) atoms. The van der Waals surface area contributed by atoms with E-state index in [4.69, 9.17) is 5.73 Å². The summed E-state index contributed by atoms with van der Waals surface area (Å²) in [6.45, 7) is 4.10. The topological polar surface area (TPSA) is 95.6 Å². The first-order valence-electron chi connectivity index (χ1n) is 10.5. The van der Waals surface area contributed by atoms with Gasteiger partial charge in [0.25, 0.3) is 5.56 Å². The molecule has 0 amide bonds. The van der Waals surface area contributed by atoms with Crippen LogP contribution < -0.4 is 20.5 Å². The second kappa shape index (κ2) is 8.70. The molecule has 4 rings (SSSR count). The van der Waals surface area contributed by atoms with E-state index in [-0.39, 0.29) is 17.0 Å². The molecule has 6 heteroatoms. The first-order valence-corrected chi connectivity index (χ1v) is 11.3. The number of nitrogens with two attached hydrogens (primary N) is 1. The Morgan fingerprint density at radius 3 is 2.28 bits per heavy atom. The van der Waals surface area contributed by atoms with E-state index < -0.39 is 5.92 Å². The molecular formula is C26H22N4OS. The van der Waals surface area contributed by atoms with Crippen molar-refractivity contribution in [1.82, 2.24) is 4.57 Å². The van der Waals surface area contributed by atoms with E-state index >= 15 is 0 Å². The smallest absolute Gasteiger partial charge is 0.274 e. The lowest BCUT2D eigenvalue weighted by Crippen LogP contribution is -2.38. The highest BCUT2D eigenvalue weighted by Gasteiger charge is 2.33. The molecule has 1 atom stereocenters. The lowest BCUT2D eigenvalue weighted by Gasteiger charge is -2.24. The van der Waals surface area contributed by atoms with Crippen molar-refractivity contribution in [3.05, 3.63) is 95.9 Å². The van der Waals surface area contributed by atoms with Gasteiger partial charge in [-0.05, 0) is 41.2 Å². The Hall–Kier alpha value is -3.87. The van der Waals surface area contributed by atoms with Crippen molar-refractivity contribution < 1.29 is 0 Å². The van der Waals surface area contributed by atoms with Gasteiger partial charge in [-0.2, -0.15) is 10.5 Å². The average molecular weight is 439 g/mol. The lowest BCUT2D eigenvalue weighted by atomic mass is 9.81. The van der Waals surface area contributed by atoms with Gasteiger partial charge in [-0.1, -0.05) is 62.4 Å². The minimum Gasteiger partial charge on any atom is -0.384 e. The number of aryl methyl sites for hydroxylation is 2. The predicted molar refractivity (Wildman–Crippen MR) is 128 cm³/mol. The number of nitriles is 2. The summed E-state index contributed by atoms with van der Waals surface area (Å²) in [5.74, 6) is -0.489.